The molecular weight excluding hydrogens is 284 g/mol. The van der Waals surface area contributed by atoms with E-state index < -0.39 is 0 Å². The first-order valence-electron chi connectivity index (χ1n) is 8.06. The number of nitrogens with one attached hydrogen (secondary N) is 2. The highest BCUT2D eigenvalue weighted by atomic mass is 16.5. The highest BCUT2D eigenvalue weighted by Gasteiger charge is 2.13. The summed E-state index contributed by atoms with van der Waals surface area (Å²) in [7, 11) is 0. The maximum Gasteiger partial charge on any atom is 0.208 e. The van der Waals surface area contributed by atoms with E-state index in [-0.39, 0.29) is 0 Å². The average molecular weight is 307 g/mol. The molecule has 2 aromatic carbocycles. The van der Waals surface area contributed by atoms with Crippen LogP contribution >= 0.6 is 0 Å². The van der Waals surface area contributed by atoms with Gasteiger partial charge in [-0.2, -0.15) is 0 Å². The monoisotopic (exact) mass is 307 g/mol. The van der Waals surface area contributed by atoms with E-state index in [9.17, 15) is 0 Å². The van der Waals surface area contributed by atoms with Gasteiger partial charge in [-0.1, -0.05) is 36.4 Å². The van der Waals surface area contributed by atoms with Crippen molar-refractivity contribution in [3.63, 3.8) is 0 Å². The summed E-state index contributed by atoms with van der Waals surface area (Å²) in [4.78, 5) is 7.02. The van der Waals surface area contributed by atoms with Gasteiger partial charge in [0.1, 0.15) is 5.75 Å². The van der Waals surface area contributed by atoms with Crippen LogP contribution in [-0.2, 0) is 6.54 Å². The lowest BCUT2D eigenvalue weighted by atomic mass is 10.2. The zero-order valence-electron chi connectivity index (χ0n) is 13.9. The molecular formula is C20H23N2O+. The highest BCUT2D eigenvalue weighted by Crippen LogP contribution is 2.27. The van der Waals surface area contributed by atoms with E-state index in [2.05, 4.69) is 60.2 Å². The molecule has 1 aromatic heterocycles. The molecule has 3 aromatic rings. The SMILES string of the molecule is CCOc1cccc(=[NH+]Cc2ccccc2)c2c(C)[nH]c(C)c12. The molecule has 0 amide bonds. The Kier molecular flexibility index (Phi) is 4.47. The van der Waals surface area contributed by atoms with Crippen molar-refractivity contribution >= 4 is 10.8 Å². The summed E-state index contributed by atoms with van der Waals surface area (Å²) in [5.41, 5.74) is 3.56. The molecule has 3 nitrogen and oxygen atoms in total. The van der Waals surface area contributed by atoms with Crippen LogP contribution in [0.4, 0.5) is 0 Å². The van der Waals surface area contributed by atoms with Crippen LogP contribution < -0.4 is 15.1 Å². The minimum Gasteiger partial charge on any atom is -0.493 e. The van der Waals surface area contributed by atoms with E-state index in [4.69, 9.17) is 4.74 Å². The largest absolute Gasteiger partial charge is 0.493 e. The first-order valence-corrected chi connectivity index (χ1v) is 8.06. The van der Waals surface area contributed by atoms with Gasteiger partial charge < -0.3 is 9.72 Å². The number of aromatic nitrogens is 1. The summed E-state index contributed by atoms with van der Waals surface area (Å²) in [6.45, 7) is 7.68. The lowest BCUT2D eigenvalue weighted by Crippen LogP contribution is -2.74. The number of aromatic amines is 1. The van der Waals surface area contributed by atoms with Gasteiger partial charge in [0.25, 0.3) is 0 Å². The summed E-state index contributed by atoms with van der Waals surface area (Å²) in [5.74, 6) is 0.928. The minimum absolute atomic E-state index is 0.662. The van der Waals surface area contributed by atoms with Crippen molar-refractivity contribution in [1.29, 1.82) is 0 Å². The number of hydrogen-bond acceptors (Lipinski definition) is 1. The quantitative estimate of drug-likeness (QED) is 0.763. The Bertz CT molecular complexity index is 879. The van der Waals surface area contributed by atoms with Crippen LogP contribution in [0.1, 0.15) is 23.9 Å². The van der Waals surface area contributed by atoms with E-state index >= 15 is 0 Å². The second-order valence-electron chi connectivity index (χ2n) is 5.70. The topological polar surface area (TPSA) is 39.0 Å². The Morgan fingerprint density at radius 1 is 0.913 bits per heavy atom. The molecule has 0 atom stereocenters. The lowest BCUT2D eigenvalue weighted by molar-refractivity contribution is -0.516. The Hall–Kier alpha value is -2.55. The summed E-state index contributed by atoms with van der Waals surface area (Å²) >= 11 is 0. The fourth-order valence-electron chi connectivity index (χ4n) is 3.04. The lowest BCUT2D eigenvalue weighted by Gasteiger charge is -2.01. The van der Waals surface area contributed by atoms with E-state index in [0.29, 0.717) is 6.61 Å². The molecule has 3 rings (SSSR count). The molecule has 3 heteroatoms. The maximum atomic E-state index is 5.84. The molecule has 0 bridgehead atoms. The van der Waals surface area contributed by atoms with E-state index in [1.807, 2.05) is 19.1 Å². The van der Waals surface area contributed by atoms with Crippen LogP contribution in [0, 0.1) is 13.8 Å². The number of aryl methyl sites for hydroxylation is 2. The molecule has 2 N–H and O–H groups in total. The van der Waals surface area contributed by atoms with E-state index in [1.165, 1.54) is 10.9 Å². The van der Waals surface area contributed by atoms with Crippen LogP contribution in [0.3, 0.4) is 0 Å². The molecule has 118 valence electrons. The average Bonchev–Trinajstić information content (AvgIpc) is 2.74. The van der Waals surface area contributed by atoms with E-state index in [0.717, 1.165) is 34.4 Å². The van der Waals surface area contributed by atoms with Gasteiger partial charge in [0, 0.05) is 23.0 Å². The fraction of sp³-hybridized carbons (Fsp3) is 0.250. The van der Waals surface area contributed by atoms with Gasteiger partial charge in [-0.3, -0.25) is 0 Å². The number of rotatable bonds is 4. The van der Waals surface area contributed by atoms with E-state index in [1.54, 1.807) is 0 Å². The molecule has 0 fully saturated rings. The summed E-state index contributed by atoms with van der Waals surface area (Å²) in [6.07, 6.45) is 0. The third kappa shape index (κ3) is 3.14. The van der Waals surface area contributed by atoms with Crippen molar-refractivity contribution in [3.05, 3.63) is 70.8 Å². The minimum atomic E-state index is 0.662. The second-order valence-corrected chi connectivity index (χ2v) is 5.70. The van der Waals surface area contributed by atoms with Crippen molar-refractivity contribution in [1.82, 2.24) is 4.98 Å². The van der Waals surface area contributed by atoms with Gasteiger partial charge in [-0.25, -0.2) is 4.99 Å². The Morgan fingerprint density at radius 3 is 2.39 bits per heavy atom. The molecule has 0 aliphatic heterocycles. The number of fused-ring (bicyclic) bond motifs is 1. The van der Waals surface area contributed by atoms with Crippen molar-refractivity contribution in [3.8, 4) is 5.75 Å². The van der Waals surface area contributed by atoms with Crippen LogP contribution in [-0.4, -0.2) is 11.6 Å². The third-order valence-corrected chi connectivity index (χ3v) is 4.03. The molecule has 0 unspecified atom stereocenters. The smallest absolute Gasteiger partial charge is 0.208 e. The van der Waals surface area contributed by atoms with Gasteiger partial charge >= 0.3 is 0 Å². The summed E-state index contributed by atoms with van der Waals surface area (Å²) in [5, 5.41) is 3.48. The van der Waals surface area contributed by atoms with Crippen LogP contribution in [0.2, 0.25) is 0 Å². The summed E-state index contributed by atoms with van der Waals surface area (Å²) in [6, 6.07) is 16.7. The predicted molar refractivity (Wildman–Crippen MR) is 93.2 cm³/mol. The molecule has 0 radical (unpaired) electrons. The highest BCUT2D eigenvalue weighted by molar-refractivity contribution is 5.91. The van der Waals surface area contributed by atoms with Crippen molar-refractivity contribution in [2.45, 2.75) is 27.3 Å². The zero-order valence-corrected chi connectivity index (χ0v) is 13.9. The van der Waals surface area contributed by atoms with Gasteiger partial charge in [-0.05, 0) is 26.8 Å². The first kappa shape index (κ1) is 15.3. The van der Waals surface area contributed by atoms with Crippen LogP contribution in [0.25, 0.3) is 10.8 Å². The number of hydrogen-bond donors (Lipinski definition) is 2. The van der Waals surface area contributed by atoms with Crippen LogP contribution in [0.5, 0.6) is 5.75 Å². The normalized spacial score (nSPS) is 11.9. The predicted octanol–water partition coefficient (Wildman–Crippen LogP) is 2.36. The molecule has 0 spiro atoms. The molecule has 0 saturated carbocycles. The molecule has 0 saturated heterocycles. The van der Waals surface area contributed by atoms with Crippen LogP contribution in [0.15, 0.2) is 48.5 Å². The molecule has 1 heterocycles. The molecule has 0 aliphatic carbocycles. The van der Waals surface area contributed by atoms with Gasteiger partial charge in [0.2, 0.25) is 5.36 Å². The zero-order chi connectivity index (χ0) is 16.2. The summed E-state index contributed by atoms with van der Waals surface area (Å²) < 4.78 is 5.84. The molecule has 0 aliphatic rings. The fourth-order valence-corrected chi connectivity index (χ4v) is 3.04. The van der Waals surface area contributed by atoms with Crippen molar-refractivity contribution in [2.24, 2.45) is 0 Å². The maximum absolute atomic E-state index is 5.84. The number of benzene rings is 1. The Labute approximate surface area is 136 Å². The molecule has 23 heavy (non-hydrogen) atoms. The number of ether oxygens (including phenoxy) is 1. The van der Waals surface area contributed by atoms with Gasteiger partial charge in [0.05, 0.1) is 17.4 Å². The second kappa shape index (κ2) is 6.69. The Balaban J connectivity index is 2.20. The van der Waals surface area contributed by atoms with Gasteiger partial charge in [-0.15, -0.1) is 0 Å². The Morgan fingerprint density at radius 2 is 1.65 bits per heavy atom. The first-order chi connectivity index (χ1) is 11.2. The standard InChI is InChI=1S/C20H22N2O/c1-4-23-18-12-8-11-17(19-14(2)22-15(3)20(18)19)21-13-16-9-6-5-7-10-16/h5-12,22H,4,13H2,1-3H3/p+1. The van der Waals surface area contributed by atoms with Crippen molar-refractivity contribution < 1.29 is 9.73 Å². The van der Waals surface area contributed by atoms with Gasteiger partial charge in [0.15, 0.2) is 6.54 Å². The third-order valence-electron chi connectivity index (χ3n) is 4.03. The van der Waals surface area contributed by atoms with Crippen molar-refractivity contribution in [2.75, 3.05) is 6.61 Å². The number of H-pyrrole nitrogens is 1.